The highest BCUT2D eigenvalue weighted by molar-refractivity contribution is 7.99. The molecule has 0 saturated heterocycles. The van der Waals surface area contributed by atoms with Crippen molar-refractivity contribution in [3.8, 4) is 28.6 Å². The number of phenolic OH excluding ortho intramolecular Hbond substituents is 1. The van der Waals surface area contributed by atoms with E-state index in [0.29, 0.717) is 28.7 Å². The van der Waals surface area contributed by atoms with Crippen LogP contribution in [-0.2, 0) is 11.3 Å². The van der Waals surface area contributed by atoms with Crippen molar-refractivity contribution in [3.63, 3.8) is 0 Å². The van der Waals surface area contributed by atoms with Crippen LogP contribution in [0.4, 0.5) is 10.6 Å². The van der Waals surface area contributed by atoms with E-state index in [4.69, 9.17) is 21.4 Å². The zero-order valence-electron chi connectivity index (χ0n) is 26.9. The van der Waals surface area contributed by atoms with Crippen molar-refractivity contribution in [1.82, 2.24) is 29.7 Å². The summed E-state index contributed by atoms with van der Waals surface area (Å²) in [6.45, 7) is 4.45. The molecule has 4 N–H and O–H groups in total. The Balaban J connectivity index is 1.20. The number of ether oxygens (including phenoxy) is 1. The first-order valence-corrected chi connectivity index (χ1v) is 17.7. The van der Waals surface area contributed by atoms with Crippen molar-refractivity contribution >= 4 is 52.6 Å². The minimum Gasteiger partial charge on any atom is -0.506 e. The number of hydrogen-bond acceptors (Lipinski definition) is 9. The molecule has 0 bridgehead atoms. The molecule has 49 heavy (non-hydrogen) atoms. The van der Waals surface area contributed by atoms with E-state index in [9.17, 15) is 15.0 Å². The van der Waals surface area contributed by atoms with Gasteiger partial charge in [-0.3, -0.25) is 9.72 Å². The molecular formula is C35H34ClN7O4S2. The predicted octanol–water partition coefficient (Wildman–Crippen LogP) is 7.38. The van der Waals surface area contributed by atoms with Gasteiger partial charge in [0.05, 0.1) is 33.3 Å². The molecule has 6 rings (SSSR count). The summed E-state index contributed by atoms with van der Waals surface area (Å²) in [5.74, 6) is 1.59. The van der Waals surface area contributed by atoms with Gasteiger partial charge in [0, 0.05) is 34.7 Å². The second kappa shape index (κ2) is 14.8. The molecule has 252 valence electrons. The third kappa shape index (κ3) is 7.65. The highest BCUT2D eigenvalue weighted by atomic mass is 35.5. The lowest BCUT2D eigenvalue weighted by atomic mass is 10.1. The largest absolute Gasteiger partial charge is 0.506 e. The molecule has 0 aliphatic carbocycles. The molecule has 3 aromatic heterocycles. The number of nitrogens with zero attached hydrogens (tertiary/aromatic N) is 5. The second-order valence-electron chi connectivity index (χ2n) is 11.4. The Morgan fingerprint density at radius 1 is 1.02 bits per heavy atom. The molecule has 0 aliphatic rings. The molecule has 11 nitrogen and oxygen atoms in total. The van der Waals surface area contributed by atoms with E-state index in [1.165, 1.54) is 6.07 Å². The maximum atomic E-state index is 13.3. The molecule has 3 aromatic carbocycles. The van der Waals surface area contributed by atoms with Crippen LogP contribution in [0.1, 0.15) is 25.1 Å². The van der Waals surface area contributed by atoms with Gasteiger partial charge in [-0.1, -0.05) is 53.7 Å². The Bertz CT molecular complexity index is 2120. The molecule has 0 unspecified atom stereocenters. The molecule has 0 saturated carbocycles. The molecule has 0 aliphatic heterocycles. The fourth-order valence-corrected chi connectivity index (χ4v) is 6.35. The topological polar surface area (TPSA) is 139 Å². The number of benzene rings is 3. The lowest BCUT2D eigenvalue weighted by molar-refractivity contribution is 0.202. The summed E-state index contributed by atoms with van der Waals surface area (Å²) in [5.41, 5.74) is 3.69. The number of rotatable bonds is 12. The van der Waals surface area contributed by atoms with Crippen molar-refractivity contribution < 1.29 is 19.7 Å². The first-order valence-electron chi connectivity index (χ1n) is 15.3. The smallest absolute Gasteiger partial charge is 0.320 e. The van der Waals surface area contributed by atoms with Gasteiger partial charge in [-0.2, -0.15) is 16.9 Å². The maximum absolute atomic E-state index is 13.3. The van der Waals surface area contributed by atoms with E-state index < -0.39 is 6.03 Å². The normalized spacial score (nSPS) is 11.5. The monoisotopic (exact) mass is 715 g/mol. The van der Waals surface area contributed by atoms with E-state index >= 15 is 0 Å². The molecule has 0 atom stereocenters. The summed E-state index contributed by atoms with van der Waals surface area (Å²) < 4.78 is 8.92. The number of carbonyl (C=O) groups is 1. The average Bonchev–Trinajstić information content (AvgIpc) is 3.73. The van der Waals surface area contributed by atoms with Crippen LogP contribution < -0.4 is 15.4 Å². The number of fused-ring (bicyclic) bond motifs is 1. The van der Waals surface area contributed by atoms with E-state index in [0.717, 1.165) is 26.6 Å². The molecular weight excluding hydrogens is 682 g/mol. The Kier molecular flexibility index (Phi) is 10.3. The van der Waals surface area contributed by atoms with Crippen LogP contribution in [0.25, 0.3) is 22.7 Å². The molecule has 14 heteroatoms. The number of halogens is 1. The fraction of sp³-hybridized carbons (Fsp3) is 0.200. The van der Waals surface area contributed by atoms with Crippen LogP contribution in [-0.4, -0.2) is 60.1 Å². The van der Waals surface area contributed by atoms with Gasteiger partial charge in [-0.05, 0) is 68.1 Å². The number of anilines is 1. The first-order chi connectivity index (χ1) is 23.7. The van der Waals surface area contributed by atoms with Crippen LogP contribution in [0.3, 0.4) is 0 Å². The molecule has 0 radical (unpaired) electrons. The zero-order valence-corrected chi connectivity index (χ0v) is 29.3. The van der Waals surface area contributed by atoms with Gasteiger partial charge in [0.1, 0.15) is 23.9 Å². The number of aromatic hydroxyl groups is 1. The third-order valence-corrected chi connectivity index (χ3v) is 10.4. The van der Waals surface area contributed by atoms with E-state index in [-0.39, 0.29) is 35.3 Å². The number of carbonyl (C=O) groups excluding carboxylic acids is 1. The number of phenols is 1. The van der Waals surface area contributed by atoms with Crippen molar-refractivity contribution in [2.75, 3.05) is 24.8 Å². The molecule has 6 aromatic rings. The number of urea groups is 1. The quantitative estimate of drug-likeness (QED) is 0.102. The molecule has 3 heterocycles. The summed E-state index contributed by atoms with van der Waals surface area (Å²) in [5, 5.41) is 39.1. The first kappa shape index (κ1) is 34.2. The summed E-state index contributed by atoms with van der Waals surface area (Å²) in [4.78, 5) is 15.2. The van der Waals surface area contributed by atoms with Gasteiger partial charge in [0.25, 0.3) is 0 Å². The molecule has 0 fully saturated rings. The second-order valence-corrected chi connectivity index (χ2v) is 14.3. The fourth-order valence-electron chi connectivity index (χ4n) is 4.96. The van der Waals surface area contributed by atoms with Gasteiger partial charge in [-0.25, -0.2) is 9.48 Å². The van der Waals surface area contributed by atoms with E-state index in [1.54, 1.807) is 40.3 Å². The lowest BCUT2D eigenvalue weighted by Gasteiger charge is -2.18. The molecule has 0 spiro atoms. The summed E-state index contributed by atoms with van der Waals surface area (Å²) in [7, 11) is 0. The van der Waals surface area contributed by atoms with Crippen LogP contribution in [0.15, 0.2) is 101 Å². The highest BCUT2D eigenvalue weighted by Crippen LogP contribution is 2.36. The van der Waals surface area contributed by atoms with Crippen LogP contribution in [0, 0.1) is 0 Å². The molecule has 2 amide bonds. The highest BCUT2D eigenvalue weighted by Gasteiger charge is 2.25. The third-order valence-electron chi connectivity index (χ3n) is 7.74. The number of para-hydroxylation sites is 1. The van der Waals surface area contributed by atoms with Gasteiger partial charge in [0.2, 0.25) is 0 Å². The van der Waals surface area contributed by atoms with Gasteiger partial charge in [0.15, 0.2) is 11.5 Å². The number of aromatic nitrogens is 5. The standard InChI is InChI=1S/C35H34ClN7O4S2/c1-35(2,48-3)30-19-32(43(41-30)23-12-14-26(36)27(45)18-23)38-34(46)37-20-22-8-4-7-11-29(22)49-24-13-15-31-39-40-33(42(31)21-24)25-9-5-6-10-28(25)47-17-16-44/h4-15,18-19,21,44-45H,16-17,20H2,1-3H3,(H2,37,38,46). The van der Waals surface area contributed by atoms with Crippen LogP contribution >= 0.6 is 35.1 Å². The van der Waals surface area contributed by atoms with Crippen molar-refractivity contribution in [3.05, 3.63) is 107 Å². The summed E-state index contributed by atoms with van der Waals surface area (Å²) in [6, 6.07) is 25.5. The number of amides is 2. The number of pyridine rings is 1. The number of hydrogen-bond donors (Lipinski definition) is 4. The lowest BCUT2D eigenvalue weighted by Crippen LogP contribution is -2.29. The summed E-state index contributed by atoms with van der Waals surface area (Å²) >= 11 is 9.24. The minimum absolute atomic E-state index is 0.0820. The number of thioether (sulfide) groups is 1. The van der Waals surface area contributed by atoms with Crippen molar-refractivity contribution in [2.24, 2.45) is 0 Å². The van der Waals surface area contributed by atoms with E-state index in [2.05, 4.69) is 34.7 Å². The van der Waals surface area contributed by atoms with Crippen LogP contribution in [0.5, 0.6) is 11.5 Å². The van der Waals surface area contributed by atoms with Crippen LogP contribution in [0.2, 0.25) is 5.02 Å². The van der Waals surface area contributed by atoms with Gasteiger partial charge in [-0.15, -0.1) is 10.2 Å². The Hall–Kier alpha value is -4.69. The Morgan fingerprint density at radius 3 is 2.61 bits per heavy atom. The SMILES string of the molecule is CSC(C)(C)c1cc(NC(=O)NCc2ccccc2Sc2ccc3nnc(-c4ccccc4OCCO)n3c2)n(-c2ccc(Cl)c(O)c2)n1. The average molecular weight is 716 g/mol. The van der Waals surface area contributed by atoms with E-state index in [1.807, 2.05) is 83.6 Å². The van der Waals surface area contributed by atoms with Crippen molar-refractivity contribution in [2.45, 2.75) is 34.9 Å². The van der Waals surface area contributed by atoms with Gasteiger partial charge < -0.3 is 20.3 Å². The summed E-state index contributed by atoms with van der Waals surface area (Å²) in [6.07, 6.45) is 3.97. The minimum atomic E-state index is -0.412. The zero-order chi connectivity index (χ0) is 34.5. The predicted molar refractivity (Wildman–Crippen MR) is 194 cm³/mol. The number of aliphatic hydroxyl groups is 1. The van der Waals surface area contributed by atoms with Crippen molar-refractivity contribution in [1.29, 1.82) is 0 Å². The van der Waals surface area contributed by atoms with Gasteiger partial charge >= 0.3 is 6.03 Å². The number of nitrogens with one attached hydrogen (secondary N) is 2. The number of aliphatic hydroxyl groups excluding tert-OH is 1. The Morgan fingerprint density at radius 2 is 1.82 bits per heavy atom. The maximum Gasteiger partial charge on any atom is 0.320 e. The Labute approximate surface area is 296 Å².